The topological polar surface area (TPSA) is 59.2 Å². The van der Waals surface area contributed by atoms with Crippen molar-refractivity contribution in [2.24, 2.45) is 0 Å². The number of fused-ring (bicyclic) bond motifs is 1. The molecule has 0 aliphatic rings. The molecule has 0 spiro atoms. The normalized spacial score (nSPS) is 10.2. The van der Waals surface area contributed by atoms with Crippen LogP contribution in [0.5, 0.6) is 5.75 Å². The van der Waals surface area contributed by atoms with Gasteiger partial charge in [-0.3, -0.25) is 9.59 Å². The molecule has 0 amide bonds. The van der Waals surface area contributed by atoms with Crippen LogP contribution in [-0.2, 0) is 4.79 Å². The number of hydrogen-bond donors (Lipinski definition) is 1. The van der Waals surface area contributed by atoms with Crippen LogP contribution in [0, 0.1) is 0 Å². The Morgan fingerprint density at radius 3 is 2.93 bits per heavy atom. The molecule has 0 fully saturated rings. The van der Waals surface area contributed by atoms with Gasteiger partial charge in [-0.05, 0) is 12.1 Å². The number of rotatable bonds is 3. The third-order valence-corrected chi connectivity index (χ3v) is 2.23. The summed E-state index contributed by atoms with van der Waals surface area (Å²) >= 11 is 0. The molecule has 0 bridgehead atoms. The first-order valence-corrected chi connectivity index (χ1v) is 4.34. The number of aromatic amines is 1. The van der Waals surface area contributed by atoms with E-state index in [0.717, 1.165) is 5.52 Å². The summed E-state index contributed by atoms with van der Waals surface area (Å²) in [5.74, 6) is 0.0462. The van der Waals surface area contributed by atoms with Crippen molar-refractivity contribution in [3.05, 3.63) is 30.0 Å². The predicted octanol–water partition coefficient (Wildman–Crippen LogP) is 1.47. The third kappa shape index (κ3) is 1.50. The predicted molar refractivity (Wildman–Crippen MR) is 54.9 cm³/mol. The van der Waals surface area contributed by atoms with Crippen LogP contribution in [0.15, 0.2) is 24.4 Å². The van der Waals surface area contributed by atoms with E-state index >= 15 is 0 Å². The first kappa shape index (κ1) is 9.45. The second-order valence-electron chi connectivity index (χ2n) is 3.05. The molecule has 4 nitrogen and oxygen atoms in total. The average Bonchev–Trinajstić information content (AvgIpc) is 2.70. The summed E-state index contributed by atoms with van der Waals surface area (Å²) in [6, 6.07) is 5.23. The minimum atomic E-state index is -0.647. The smallest absolute Gasteiger partial charge is 0.277 e. The molecule has 15 heavy (non-hydrogen) atoms. The summed E-state index contributed by atoms with van der Waals surface area (Å²) in [5.41, 5.74) is 1.09. The standard InChI is InChI=1S/C11H8NO3/c1-15-7-2-3-8-9(11(14)6-13)5-12-10(8)4-7/h2-5,12H,1H3. The summed E-state index contributed by atoms with van der Waals surface area (Å²) in [6.45, 7) is 0. The van der Waals surface area contributed by atoms with E-state index in [1.54, 1.807) is 25.3 Å². The largest absolute Gasteiger partial charge is 0.497 e. The summed E-state index contributed by atoms with van der Waals surface area (Å²) < 4.78 is 5.04. The van der Waals surface area contributed by atoms with Crippen molar-refractivity contribution < 1.29 is 14.3 Å². The van der Waals surface area contributed by atoms with E-state index < -0.39 is 5.78 Å². The molecule has 1 aromatic heterocycles. The maximum atomic E-state index is 11.2. The number of carbonyl (C=O) groups excluding carboxylic acids is 2. The molecule has 1 N–H and O–H groups in total. The molecule has 1 heterocycles. The first-order chi connectivity index (χ1) is 7.26. The minimum Gasteiger partial charge on any atom is -0.497 e. The van der Waals surface area contributed by atoms with Gasteiger partial charge in [0.15, 0.2) is 0 Å². The SMILES string of the molecule is COc1ccc2c(C(=O)[C]=O)c[nH]c2c1. The van der Waals surface area contributed by atoms with Crippen molar-refractivity contribution in [3.8, 4) is 5.75 Å². The van der Waals surface area contributed by atoms with Crippen LogP contribution in [0.1, 0.15) is 10.4 Å². The first-order valence-electron chi connectivity index (χ1n) is 4.34. The Morgan fingerprint density at radius 1 is 1.47 bits per heavy atom. The van der Waals surface area contributed by atoms with Crippen LogP contribution < -0.4 is 4.74 Å². The molecular formula is C11H8NO3. The van der Waals surface area contributed by atoms with Crippen molar-refractivity contribution >= 4 is 23.0 Å². The highest BCUT2D eigenvalue weighted by Gasteiger charge is 2.11. The van der Waals surface area contributed by atoms with E-state index in [0.29, 0.717) is 16.7 Å². The van der Waals surface area contributed by atoms with Gasteiger partial charge in [0.25, 0.3) is 6.29 Å². The van der Waals surface area contributed by atoms with Gasteiger partial charge < -0.3 is 9.72 Å². The fourth-order valence-electron chi connectivity index (χ4n) is 1.48. The Kier molecular flexibility index (Phi) is 2.25. The molecule has 0 aliphatic heterocycles. The number of carbonyl (C=O) groups is 1. The van der Waals surface area contributed by atoms with Crippen LogP contribution in [-0.4, -0.2) is 24.2 Å². The fourth-order valence-corrected chi connectivity index (χ4v) is 1.48. The zero-order valence-electron chi connectivity index (χ0n) is 8.03. The zero-order chi connectivity index (χ0) is 10.8. The number of H-pyrrole nitrogens is 1. The number of Topliss-reactive ketones (excluding diaryl/α,β-unsaturated/α-hetero) is 1. The fraction of sp³-hybridized carbons (Fsp3) is 0.0909. The van der Waals surface area contributed by atoms with Gasteiger partial charge in [-0.1, -0.05) is 0 Å². The van der Waals surface area contributed by atoms with E-state index in [9.17, 15) is 9.59 Å². The Morgan fingerprint density at radius 2 is 2.27 bits per heavy atom. The van der Waals surface area contributed by atoms with E-state index in [4.69, 9.17) is 4.74 Å². The number of benzene rings is 1. The molecular weight excluding hydrogens is 194 g/mol. The molecule has 0 saturated carbocycles. The van der Waals surface area contributed by atoms with Crippen LogP contribution in [0.2, 0.25) is 0 Å². The Balaban J connectivity index is 2.61. The highest BCUT2D eigenvalue weighted by molar-refractivity contribution is 6.36. The number of ether oxygens (including phenoxy) is 1. The van der Waals surface area contributed by atoms with Gasteiger partial charge in [-0.15, -0.1) is 0 Å². The number of aromatic nitrogens is 1. The van der Waals surface area contributed by atoms with Crippen molar-refractivity contribution in [2.45, 2.75) is 0 Å². The van der Waals surface area contributed by atoms with Gasteiger partial charge in [0.2, 0.25) is 5.78 Å². The lowest BCUT2D eigenvalue weighted by Gasteiger charge is -1.98. The Labute approximate surface area is 85.9 Å². The Bertz CT molecular complexity index is 528. The van der Waals surface area contributed by atoms with Crippen molar-refractivity contribution in [1.82, 2.24) is 4.98 Å². The van der Waals surface area contributed by atoms with Gasteiger partial charge in [0.05, 0.1) is 12.7 Å². The van der Waals surface area contributed by atoms with Gasteiger partial charge >= 0.3 is 0 Å². The van der Waals surface area contributed by atoms with Crippen molar-refractivity contribution in [2.75, 3.05) is 7.11 Å². The van der Waals surface area contributed by atoms with Crippen LogP contribution >= 0.6 is 0 Å². The summed E-state index contributed by atoms with van der Waals surface area (Å²) in [4.78, 5) is 24.3. The maximum absolute atomic E-state index is 11.2. The number of nitrogens with one attached hydrogen (secondary N) is 1. The van der Waals surface area contributed by atoms with Gasteiger partial charge in [0.1, 0.15) is 5.75 Å². The molecule has 0 aliphatic carbocycles. The molecule has 2 aromatic rings. The lowest BCUT2D eigenvalue weighted by Crippen LogP contribution is -1.97. The van der Waals surface area contributed by atoms with Gasteiger partial charge in [-0.25, -0.2) is 0 Å². The Hall–Kier alpha value is -2.10. The lowest BCUT2D eigenvalue weighted by molar-refractivity contribution is 0.106. The number of methoxy groups -OCH3 is 1. The molecule has 1 radical (unpaired) electrons. The molecule has 4 heteroatoms. The monoisotopic (exact) mass is 202 g/mol. The lowest BCUT2D eigenvalue weighted by atomic mass is 10.1. The van der Waals surface area contributed by atoms with Crippen LogP contribution in [0.25, 0.3) is 10.9 Å². The van der Waals surface area contributed by atoms with Gasteiger partial charge in [0, 0.05) is 23.2 Å². The minimum absolute atomic E-state index is 0.336. The zero-order valence-corrected chi connectivity index (χ0v) is 8.03. The van der Waals surface area contributed by atoms with Crippen molar-refractivity contribution in [1.29, 1.82) is 0 Å². The molecule has 0 saturated heterocycles. The molecule has 1 aromatic carbocycles. The maximum Gasteiger partial charge on any atom is 0.277 e. The summed E-state index contributed by atoms with van der Waals surface area (Å²) in [5, 5.41) is 0.698. The highest BCUT2D eigenvalue weighted by atomic mass is 16.5. The van der Waals surface area contributed by atoms with E-state index in [1.165, 1.54) is 12.5 Å². The quantitative estimate of drug-likeness (QED) is 0.605. The number of ketones is 1. The molecule has 0 unspecified atom stereocenters. The van der Waals surface area contributed by atoms with E-state index in [-0.39, 0.29) is 0 Å². The molecule has 2 rings (SSSR count). The second kappa shape index (κ2) is 3.57. The summed E-state index contributed by atoms with van der Waals surface area (Å²) in [6.07, 6.45) is 2.85. The molecule has 0 atom stereocenters. The van der Waals surface area contributed by atoms with E-state index in [1.807, 2.05) is 0 Å². The molecule has 75 valence electrons. The van der Waals surface area contributed by atoms with Crippen LogP contribution in [0.4, 0.5) is 0 Å². The van der Waals surface area contributed by atoms with E-state index in [2.05, 4.69) is 4.98 Å². The number of hydrogen-bond acceptors (Lipinski definition) is 3. The van der Waals surface area contributed by atoms with Crippen LogP contribution in [0.3, 0.4) is 0 Å². The van der Waals surface area contributed by atoms with Gasteiger partial charge in [-0.2, -0.15) is 0 Å². The van der Waals surface area contributed by atoms with Crippen molar-refractivity contribution in [3.63, 3.8) is 0 Å². The second-order valence-corrected chi connectivity index (χ2v) is 3.05. The third-order valence-electron chi connectivity index (χ3n) is 2.23. The highest BCUT2D eigenvalue weighted by Crippen LogP contribution is 2.23. The average molecular weight is 202 g/mol. The summed E-state index contributed by atoms with van der Waals surface area (Å²) in [7, 11) is 1.56.